The van der Waals surface area contributed by atoms with E-state index in [0.717, 1.165) is 38.2 Å². The van der Waals surface area contributed by atoms with Gasteiger partial charge in [0.2, 0.25) is 0 Å². The number of hydrogen-bond donors (Lipinski definition) is 0. The molecule has 3 aromatic rings. The molecule has 11 heteroatoms. The maximum atomic E-state index is 13.9. The Morgan fingerprint density at radius 3 is 2.53 bits per heavy atom. The predicted molar refractivity (Wildman–Crippen MR) is 109 cm³/mol. The molecular formula is C21H21F3N6O2. The number of fused-ring (bicyclic) bond motifs is 1. The van der Waals surface area contributed by atoms with Gasteiger partial charge in [-0.25, -0.2) is 14.5 Å². The lowest BCUT2D eigenvalue weighted by atomic mass is 10.1. The number of nitrogens with zero attached hydrogens (tertiary/aromatic N) is 6. The number of anilines is 1. The van der Waals surface area contributed by atoms with E-state index >= 15 is 0 Å². The van der Waals surface area contributed by atoms with E-state index in [4.69, 9.17) is 4.74 Å². The lowest BCUT2D eigenvalue weighted by molar-refractivity contribution is -0.142. The number of halogens is 3. The van der Waals surface area contributed by atoms with Crippen molar-refractivity contribution in [3.8, 4) is 11.3 Å². The summed E-state index contributed by atoms with van der Waals surface area (Å²) in [5.41, 5.74) is -0.456. The Bertz CT molecular complexity index is 1150. The smallest absolute Gasteiger partial charge is 0.378 e. The molecule has 0 aliphatic carbocycles. The third kappa shape index (κ3) is 3.77. The molecule has 3 aromatic heterocycles. The van der Waals surface area contributed by atoms with Crippen LogP contribution in [0.1, 0.15) is 28.9 Å². The van der Waals surface area contributed by atoms with E-state index in [1.54, 1.807) is 23.2 Å². The summed E-state index contributed by atoms with van der Waals surface area (Å²) in [5, 5.41) is 3.85. The van der Waals surface area contributed by atoms with Gasteiger partial charge in [0.05, 0.1) is 25.1 Å². The summed E-state index contributed by atoms with van der Waals surface area (Å²) < 4.78 is 47.6. The SMILES string of the molecule is O=C(c1cnn2c(C(F)(F)F)cc(-c3ccnc(N4CCCC4)c3)nc12)N1CCOCC1. The molecule has 2 aliphatic heterocycles. The monoisotopic (exact) mass is 446 g/mol. The van der Waals surface area contributed by atoms with Gasteiger partial charge in [-0.1, -0.05) is 0 Å². The molecule has 0 spiro atoms. The number of hydrogen-bond acceptors (Lipinski definition) is 6. The van der Waals surface area contributed by atoms with Crippen molar-refractivity contribution in [3.05, 3.63) is 41.9 Å². The quantitative estimate of drug-likeness (QED) is 0.616. The van der Waals surface area contributed by atoms with Crippen molar-refractivity contribution in [1.82, 2.24) is 24.5 Å². The minimum Gasteiger partial charge on any atom is -0.378 e. The van der Waals surface area contributed by atoms with Crippen LogP contribution in [-0.4, -0.2) is 69.8 Å². The first-order valence-corrected chi connectivity index (χ1v) is 10.5. The van der Waals surface area contributed by atoms with E-state index in [1.165, 1.54) is 0 Å². The van der Waals surface area contributed by atoms with Gasteiger partial charge in [-0.3, -0.25) is 4.79 Å². The predicted octanol–water partition coefficient (Wildman–Crippen LogP) is 2.88. The lowest BCUT2D eigenvalue weighted by Crippen LogP contribution is -2.40. The average Bonchev–Trinajstić information content (AvgIpc) is 3.48. The van der Waals surface area contributed by atoms with Crippen molar-refractivity contribution < 1.29 is 22.7 Å². The summed E-state index contributed by atoms with van der Waals surface area (Å²) in [6.07, 6.45) is 0.153. The maximum Gasteiger partial charge on any atom is 0.433 e. The van der Waals surface area contributed by atoms with Crippen LogP contribution in [0, 0.1) is 0 Å². The summed E-state index contributed by atoms with van der Waals surface area (Å²) >= 11 is 0. The Morgan fingerprint density at radius 2 is 1.81 bits per heavy atom. The van der Waals surface area contributed by atoms with Gasteiger partial charge in [0, 0.05) is 37.9 Å². The number of carbonyl (C=O) groups excluding carboxylic acids is 1. The van der Waals surface area contributed by atoms with Crippen molar-refractivity contribution in [2.75, 3.05) is 44.3 Å². The zero-order chi connectivity index (χ0) is 22.3. The molecule has 2 saturated heterocycles. The zero-order valence-electron chi connectivity index (χ0n) is 17.2. The molecule has 5 heterocycles. The highest BCUT2D eigenvalue weighted by molar-refractivity contribution is 6.00. The second-order valence-corrected chi connectivity index (χ2v) is 7.82. The van der Waals surface area contributed by atoms with Crippen molar-refractivity contribution in [2.45, 2.75) is 19.0 Å². The molecule has 1 amide bonds. The Balaban J connectivity index is 1.62. The largest absolute Gasteiger partial charge is 0.433 e. The van der Waals surface area contributed by atoms with Gasteiger partial charge in [0.25, 0.3) is 5.91 Å². The minimum atomic E-state index is -4.67. The van der Waals surface area contributed by atoms with Crippen LogP contribution in [0.2, 0.25) is 0 Å². The van der Waals surface area contributed by atoms with Crippen LogP contribution < -0.4 is 4.90 Å². The van der Waals surface area contributed by atoms with E-state index in [2.05, 4.69) is 20.0 Å². The van der Waals surface area contributed by atoms with E-state index in [9.17, 15) is 18.0 Å². The third-order valence-electron chi connectivity index (χ3n) is 5.76. The van der Waals surface area contributed by atoms with Crippen molar-refractivity contribution in [3.63, 3.8) is 0 Å². The molecule has 32 heavy (non-hydrogen) atoms. The van der Waals surface area contributed by atoms with Crippen molar-refractivity contribution >= 4 is 17.4 Å². The van der Waals surface area contributed by atoms with Crippen LogP contribution in [0.15, 0.2) is 30.6 Å². The van der Waals surface area contributed by atoms with Gasteiger partial charge in [0.15, 0.2) is 11.3 Å². The van der Waals surface area contributed by atoms with Crippen LogP contribution >= 0.6 is 0 Å². The van der Waals surface area contributed by atoms with Crippen LogP contribution in [0.5, 0.6) is 0 Å². The van der Waals surface area contributed by atoms with E-state index < -0.39 is 17.8 Å². The molecule has 2 aliphatic rings. The number of ether oxygens (including phenoxy) is 1. The Morgan fingerprint density at radius 1 is 1.06 bits per heavy atom. The van der Waals surface area contributed by atoms with E-state index in [0.29, 0.717) is 42.2 Å². The van der Waals surface area contributed by atoms with E-state index in [-0.39, 0.29) is 16.9 Å². The van der Waals surface area contributed by atoms with Gasteiger partial charge in [0.1, 0.15) is 11.4 Å². The summed E-state index contributed by atoms with van der Waals surface area (Å²) in [5.74, 6) is 0.293. The van der Waals surface area contributed by atoms with Crippen LogP contribution in [0.4, 0.5) is 19.0 Å². The number of morpholine rings is 1. The summed E-state index contributed by atoms with van der Waals surface area (Å²) in [7, 11) is 0. The fourth-order valence-electron chi connectivity index (χ4n) is 4.10. The molecule has 0 radical (unpaired) electrons. The highest BCUT2D eigenvalue weighted by Crippen LogP contribution is 2.33. The van der Waals surface area contributed by atoms with Crippen molar-refractivity contribution in [1.29, 1.82) is 0 Å². The average molecular weight is 446 g/mol. The zero-order valence-corrected chi connectivity index (χ0v) is 17.2. The van der Waals surface area contributed by atoms with Crippen LogP contribution in [0.3, 0.4) is 0 Å². The van der Waals surface area contributed by atoms with Gasteiger partial charge in [-0.2, -0.15) is 18.3 Å². The Hall–Kier alpha value is -3.21. The number of amides is 1. The highest BCUT2D eigenvalue weighted by atomic mass is 19.4. The second kappa shape index (κ2) is 8.05. The summed E-state index contributed by atoms with van der Waals surface area (Å²) in [4.78, 5) is 25.4. The summed E-state index contributed by atoms with van der Waals surface area (Å²) in [6.45, 7) is 3.22. The first kappa shape index (κ1) is 20.7. The Labute approximate surface area is 181 Å². The highest BCUT2D eigenvalue weighted by Gasteiger charge is 2.36. The topological polar surface area (TPSA) is 75.9 Å². The molecule has 0 N–H and O–H groups in total. The molecule has 8 nitrogen and oxygen atoms in total. The van der Waals surface area contributed by atoms with Crippen LogP contribution in [-0.2, 0) is 10.9 Å². The maximum absolute atomic E-state index is 13.9. The van der Waals surface area contributed by atoms with Gasteiger partial charge < -0.3 is 14.5 Å². The van der Waals surface area contributed by atoms with E-state index in [1.807, 2.05) is 0 Å². The lowest BCUT2D eigenvalue weighted by Gasteiger charge is -2.26. The van der Waals surface area contributed by atoms with Gasteiger partial charge in [-0.15, -0.1) is 0 Å². The fraction of sp³-hybridized carbons (Fsp3) is 0.429. The third-order valence-corrected chi connectivity index (χ3v) is 5.76. The molecule has 0 saturated carbocycles. The molecular weight excluding hydrogens is 425 g/mol. The molecule has 0 aromatic carbocycles. The standard InChI is InChI=1S/C21H21F3N6O2/c22-21(23,24)17-12-16(14-3-4-25-18(11-14)28-5-1-2-6-28)27-19-15(13-26-30(17)19)20(31)29-7-9-32-10-8-29/h3-4,11-13H,1-2,5-10H2. The molecule has 0 atom stereocenters. The first-order chi connectivity index (χ1) is 15.4. The molecule has 5 rings (SSSR count). The number of aromatic nitrogens is 4. The van der Waals surface area contributed by atoms with Crippen molar-refractivity contribution in [2.24, 2.45) is 0 Å². The second-order valence-electron chi connectivity index (χ2n) is 7.82. The normalized spacial score (nSPS) is 17.3. The fourth-order valence-corrected chi connectivity index (χ4v) is 4.10. The molecule has 0 unspecified atom stereocenters. The number of rotatable bonds is 3. The molecule has 2 fully saturated rings. The van der Waals surface area contributed by atoms with Gasteiger partial charge >= 0.3 is 6.18 Å². The summed E-state index contributed by atoms with van der Waals surface area (Å²) in [6, 6.07) is 4.33. The van der Waals surface area contributed by atoms with Gasteiger partial charge in [-0.05, 0) is 31.0 Å². The van der Waals surface area contributed by atoms with Crippen LogP contribution in [0.25, 0.3) is 16.9 Å². The number of alkyl halides is 3. The first-order valence-electron chi connectivity index (χ1n) is 10.5. The number of carbonyl (C=O) groups is 1. The Kier molecular flexibility index (Phi) is 5.20. The minimum absolute atomic E-state index is 0.0353. The molecule has 0 bridgehead atoms. The molecule has 168 valence electrons. The number of pyridine rings is 1.